The van der Waals surface area contributed by atoms with E-state index < -0.39 is 5.60 Å². The van der Waals surface area contributed by atoms with Crippen LogP contribution in [0.15, 0.2) is 91.0 Å². The number of nitrogens with zero attached hydrogens (tertiary/aromatic N) is 1. The summed E-state index contributed by atoms with van der Waals surface area (Å²) in [7, 11) is 0. The number of hydrogen-bond donors (Lipinski definition) is 1. The maximum Gasteiger partial charge on any atom is 0.143 e. The first-order chi connectivity index (χ1) is 15.3. The summed E-state index contributed by atoms with van der Waals surface area (Å²) in [5.41, 5.74) is 2.78. The van der Waals surface area contributed by atoms with Crippen LogP contribution in [0.2, 0.25) is 0 Å². The highest BCUT2D eigenvalue weighted by atomic mass is 16.5. The summed E-state index contributed by atoms with van der Waals surface area (Å²) in [6.45, 7) is 1.95. The number of rotatable bonds is 7. The zero-order valence-electron chi connectivity index (χ0n) is 18.0. The summed E-state index contributed by atoms with van der Waals surface area (Å²) < 4.78 is 7.15. The molecule has 0 saturated carbocycles. The third-order valence-electron chi connectivity index (χ3n) is 7.34. The van der Waals surface area contributed by atoms with Crippen LogP contribution in [-0.4, -0.2) is 41.3 Å². The van der Waals surface area contributed by atoms with Crippen molar-refractivity contribution in [1.82, 2.24) is 4.90 Å². The zero-order valence-corrected chi connectivity index (χ0v) is 18.0. The van der Waals surface area contributed by atoms with Gasteiger partial charge in [-0.2, -0.15) is 0 Å². The number of aliphatic hydroxyl groups is 1. The first-order valence-corrected chi connectivity index (χ1v) is 11.5. The summed E-state index contributed by atoms with van der Waals surface area (Å²) in [5, 5.41) is 9.91. The van der Waals surface area contributed by atoms with E-state index >= 15 is 0 Å². The van der Waals surface area contributed by atoms with E-state index in [1.807, 2.05) is 0 Å². The lowest BCUT2D eigenvalue weighted by Gasteiger charge is -2.41. The smallest absolute Gasteiger partial charge is 0.143 e. The molecule has 2 aliphatic heterocycles. The van der Waals surface area contributed by atoms with Gasteiger partial charge in [0.25, 0.3) is 0 Å². The molecule has 0 radical (unpaired) electrons. The molecule has 1 N–H and O–H groups in total. The standard InChI is InChI=1S/C28H31NO2/c30-21-26-17-19-27(18-10-20-29(26)27)22-31-28(23-11-4-1-5-12-23,24-13-6-2-7-14-24)25-15-8-3-9-16-25/h1-9,11-16,26,30H,10,17-22H2/t26-,27-/m1/s1. The summed E-state index contributed by atoms with van der Waals surface area (Å²) in [6, 6.07) is 32.1. The molecule has 2 atom stereocenters. The van der Waals surface area contributed by atoms with Crippen LogP contribution in [0.25, 0.3) is 0 Å². The molecule has 0 bridgehead atoms. The van der Waals surface area contributed by atoms with E-state index in [0.717, 1.165) is 42.5 Å². The molecule has 2 aliphatic rings. The van der Waals surface area contributed by atoms with Crippen molar-refractivity contribution < 1.29 is 9.84 Å². The van der Waals surface area contributed by atoms with Crippen LogP contribution in [0.4, 0.5) is 0 Å². The molecule has 3 aromatic rings. The summed E-state index contributed by atoms with van der Waals surface area (Å²) in [5.74, 6) is 0. The van der Waals surface area contributed by atoms with Gasteiger partial charge in [0.2, 0.25) is 0 Å². The topological polar surface area (TPSA) is 32.7 Å². The van der Waals surface area contributed by atoms with Crippen molar-refractivity contribution in [3.63, 3.8) is 0 Å². The van der Waals surface area contributed by atoms with E-state index in [9.17, 15) is 5.11 Å². The van der Waals surface area contributed by atoms with Gasteiger partial charge in [0.1, 0.15) is 5.60 Å². The van der Waals surface area contributed by atoms with Crippen molar-refractivity contribution >= 4 is 0 Å². The second-order valence-corrected chi connectivity index (χ2v) is 8.96. The quantitative estimate of drug-likeness (QED) is 0.554. The molecule has 31 heavy (non-hydrogen) atoms. The van der Waals surface area contributed by atoms with Gasteiger partial charge in [-0.3, -0.25) is 4.90 Å². The Hall–Kier alpha value is -2.46. The van der Waals surface area contributed by atoms with Crippen LogP contribution < -0.4 is 0 Å². The van der Waals surface area contributed by atoms with Gasteiger partial charge in [-0.1, -0.05) is 91.0 Å². The minimum absolute atomic E-state index is 0.0248. The van der Waals surface area contributed by atoms with E-state index in [4.69, 9.17) is 4.74 Å². The predicted molar refractivity (Wildman–Crippen MR) is 124 cm³/mol. The van der Waals surface area contributed by atoms with Gasteiger partial charge in [0.15, 0.2) is 0 Å². The van der Waals surface area contributed by atoms with Crippen molar-refractivity contribution in [3.05, 3.63) is 108 Å². The van der Waals surface area contributed by atoms with Gasteiger partial charge >= 0.3 is 0 Å². The number of hydrogen-bond acceptors (Lipinski definition) is 3. The highest BCUT2D eigenvalue weighted by Crippen LogP contribution is 2.46. The van der Waals surface area contributed by atoms with Crippen LogP contribution in [0.3, 0.4) is 0 Å². The molecule has 2 saturated heterocycles. The van der Waals surface area contributed by atoms with Crippen LogP contribution in [0, 0.1) is 0 Å². The fraction of sp³-hybridized carbons (Fsp3) is 0.357. The Balaban J connectivity index is 1.61. The Morgan fingerprint density at radius 1 is 0.806 bits per heavy atom. The molecule has 3 aromatic carbocycles. The van der Waals surface area contributed by atoms with Gasteiger partial charge < -0.3 is 9.84 Å². The lowest BCUT2D eigenvalue weighted by atomic mass is 9.79. The fourth-order valence-electron chi connectivity index (χ4n) is 5.82. The monoisotopic (exact) mass is 413 g/mol. The van der Waals surface area contributed by atoms with Gasteiger partial charge in [-0.05, 0) is 48.9 Å². The summed E-state index contributed by atoms with van der Waals surface area (Å²) in [4.78, 5) is 2.53. The molecule has 2 heterocycles. The lowest BCUT2D eigenvalue weighted by Crippen LogP contribution is -2.49. The first kappa shape index (κ1) is 20.4. The normalized spacial score (nSPS) is 23.7. The predicted octanol–water partition coefficient (Wildman–Crippen LogP) is 4.98. The van der Waals surface area contributed by atoms with Gasteiger partial charge in [-0.25, -0.2) is 0 Å². The van der Waals surface area contributed by atoms with E-state index in [1.54, 1.807) is 0 Å². The van der Waals surface area contributed by atoms with Crippen molar-refractivity contribution in [2.45, 2.75) is 42.9 Å². The van der Waals surface area contributed by atoms with Crippen molar-refractivity contribution in [2.75, 3.05) is 19.8 Å². The van der Waals surface area contributed by atoms with Crippen LogP contribution in [0.1, 0.15) is 42.4 Å². The average Bonchev–Trinajstić information content (AvgIpc) is 3.41. The number of aliphatic hydroxyl groups excluding tert-OH is 1. The third kappa shape index (κ3) is 3.51. The molecule has 3 nitrogen and oxygen atoms in total. The Labute approximate surface area is 185 Å². The molecule has 5 rings (SSSR count). The average molecular weight is 414 g/mol. The SMILES string of the molecule is OC[C@H]1CC[C@@]2(COC(c3ccccc3)(c3ccccc3)c3ccccc3)CCCN12. The molecule has 0 amide bonds. The summed E-state index contributed by atoms with van der Waals surface area (Å²) >= 11 is 0. The maximum absolute atomic E-state index is 9.91. The Bertz CT molecular complexity index is 879. The van der Waals surface area contributed by atoms with Crippen molar-refractivity contribution in [2.24, 2.45) is 0 Å². The van der Waals surface area contributed by atoms with Crippen LogP contribution >= 0.6 is 0 Å². The van der Waals surface area contributed by atoms with E-state index in [0.29, 0.717) is 6.61 Å². The maximum atomic E-state index is 9.91. The van der Waals surface area contributed by atoms with Gasteiger partial charge in [-0.15, -0.1) is 0 Å². The van der Waals surface area contributed by atoms with E-state index in [2.05, 4.69) is 95.9 Å². The van der Waals surface area contributed by atoms with E-state index in [1.165, 1.54) is 6.42 Å². The molecular formula is C28H31NO2. The molecule has 160 valence electrons. The highest BCUT2D eigenvalue weighted by molar-refractivity contribution is 5.47. The van der Waals surface area contributed by atoms with Crippen molar-refractivity contribution in [1.29, 1.82) is 0 Å². The Morgan fingerprint density at radius 3 is 1.81 bits per heavy atom. The molecule has 0 unspecified atom stereocenters. The number of ether oxygens (including phenoxy) is 1. The third-order valence-corrected chi connectivity index (χ3v) is 7.34. The first-order valence-electron chi connectivity index (χ1n) is 11.5. The van der Waals surface area contributed by atoms with Gasteiger partial charge in [0.05, 0.1) is 13.2 Å². The molecule has 3 heteroatoms. The zero-order chi connectivity index (χ0) is 21.2. The molecular weight excluding hydrogens is 382 g/mol. The van der Waals surface area contributed by atoms with Gasteiger partial charge in [0, 0.05) is 11.6 Å². The highest BCUT2D eigenvalue weighted by Gasteiger charge is 2.51. The number of benzene rings is 3. The number of fused-ring (bicyclic) bond motifs is 1. The second-order valence-electron chi connectivity index (χ2n) is 8.96. The largest absolute Gasteiger partial charge is 0.395 e. The van der Waals surface area contributed by atoms with Crippen LogP contribution in [0.5, 0.6) is 0 Å². The molecule has 2 fully saturated rings. The van der Waals surface area contributed by atoms with E-state index in [-0.39, 0.29) is 18.2 Å². The molecule has 0 aliphatic carbocycles. The Kier molecular flexibility index (Phi) is 5.66. The Morgan fingerprint density at radius 2 is 1.32 bits per heavy atom. The minimum Gasteiger partial charge on any atom is -0.395 e. The summed E-state index contributed by atoms with van der Waals surface area (Å²) in [6.07, 6.45) is 4.45. The minimum atomic E-state index is -0.676. The van der Waals surface area contributed by atoms with Crippen molar-refractivity contribution in [3.8, 4) is 0 Å². The second kappa shape index (κ2) is 8.58. The lowest BCUT2D eigenvalue weighted by molar-refractivity contribution is -0.0492. The fourth-order valence-corrected chi connectivity index (χ4v) is 5.82. The van der Waals surface area contributed by atoms with Crippen LogP contribution in [-0.2, 0) is 10.3 Å². The molecule has 0 aromatic heterocycles. The molecule has 0 spiro atoms.